The lowest BCUT2D eigenvalue weighted by atomic mass is 9.95. The van der Waals surface area contributed by atoms with Gasteiger partial charge in [0.25, 0.3) is 0 Å². The van der Waals surface area contributed by atoms with E-state index in [1.54, 1.807) is 13.0 Å². The van der Waals surface area contributed by atoms with Crippen molar-refractivity contribution in [1.29, 1.82) is 5.26 Å². The Balaban J connectivity index is 1.77. The van der Waals surface area contributed by atoms with Gasteiger partial charge in [0.1, 0.15) is 11.7 Å². The number of rotatable bonds is 5. The topological polar surface area (TPSA) is 71.6 Å². The zero-order chi connectivity index (χ0) is 17.8. The molecule has 0 fully saturated rings. The standard InChI is InChI=1S/C20H18N4O/c1-14-11-19(23-15(2)22-14)18(13-21)20(25)12-16-5-7-17(8-6-16)24-9-3-4-10-24/h3-11,18H,12H2,1-2H3/t18-/m1/s1. The molecule has 1 atom stereocenters. The van der Waals surface area contributed by atoms with Gasteiger partial charge in [0.05, 0.1) is 11.8 Å². The molecule has 5 nitrogen and oxygen atoms in total. The summed E-state index contributed by atoms with van der Waals surface area (Å²) in [6, 6.07) is 15.5. The fourth-order valence-corrected chi connectivity index (χ4v) is 2.79. The van der Waals surface area contributed by atoms with E-state index in [2.05, 4.69) is 16.0 Å². The molecule has 0 aliphatic rings. The van der Waals surface area contributed by atoms with Gasteiger partial charge < -0.3 is 4.57 Å². The van der Waals surface area contributed by atoms with Crippen molar-refractivity contribution < 1.29 is 4.79 Å². The van der Waals surface area contributed by atoms with Crippen molar-refractivity contribution in [2.24, 2.45) is 0 Å². The van der Waals surface area contributed by atoms with Crippen LogP contribution in [0.4, 0.5) is 0 Å². The van der Waals surface area contributed by atoms with Gasteiger partial charge in [-0.05, 0) is 49.7 Å². The Labute approximate surface area is 146 Å². The summed E-state index contributed by atoms with van der Waals surface area (Å²) in [6.07, 6.45) is 4.13. The maximum Gasteiger partial charge on any atom is 0.160 e. The van der Waals surface area contributed by atoms with Crippen molar-refractivity contribution in [3.8, 4) is 11.8 Å². The molecule has 0 bridgehead atoms. The molecule has 3 rings (SSSR count). The summed E-state index contributed by atoms with van der Waals surface area (Å²) in [5.41, 5.74) is 3.14. The molecule has 2 aromatic heterocycles. The van der Waals surface area contributed by atoms with Gasteiger partial charge in [0.15, 0.2) is 5.78 Å². The van der Waals surface area contributed by atoms with Crippen molar-refractivity contribution in [2.75, 3.05) is 0 Å². The number of Topliss-reactive ketones (excluding diaryl/α,β-unsaturated/α-hetero) is 1. The van der Waals surface area contributed by atoms with E-state index in [1.165, 1.54) is 0 Å². The van der Waals surface area contributed by atoms with Crippen molar-refractivity contribution in [1.82, 2.24) is 14.5 Å². The summed E-state index contributed by atoms with van der Waals surface area (Å²) in [6.45, 7) is 3.59. The average Bonchev–Trinajstić information content (AvgIpc) is 3.10. The van der Waals surface area contributed by atoms with E-state index < -0.39 is 5.92 Å². The average molecular weight is 330 g/mol. The molecule has 0 radical (unpaired) electrons. The monoisotopic (exact) mass is 330 g/mol. The van der Waals surface area contributed by atoms with Crippen molar-refractivity contribution in [3.05, 3.63) is 77.6 Å². The number of carbonyl (C=O) groups is 1. The normalized spacial score (nSPS) is 11.7. The van der Waals surface area contributed by atoms with E-state index in [0.29, 0.717) is 11.5 Å². The molecule has 0 N–H and O–H groups in total. The quantitative estimate of drug-likeness (QED) is 0.719. The highest BCUT2D eigenvalue weighted by molar-refractivity contribution is 5.89. The molecule has 0 aliphatic heterocycles. The molecular formula is C20H18N4O. The first-order valence-corrected chi connectivity index (χ1v) is 8.03. The fraction of sp³-hybridized carbons (Fsp3) is 0.200. The molecule has 3 aromatic rings. The van der Waals surface area contributed by atoms with Gasteiger partial charge in [-0.15, -0.1) is 0 Å². The summed E-state index contributed by atoms with van der Waals surface area (Å²) in [5.74, 6) is -0.461. The van der Waals surface area contributed by atoms with Gasteiger partial charge in [-0.3, -0.25) is 4.79 Å². The molecule has 0 aliphatic carbocycles. The maximum atomic E-state index is 12.6. The van der Waals surface area contributed by atoms with Gasteiger partial charge >= 0.3 is 0 Å². The van der Waals surface area contributed by atoms with Gasteiger partial charge in [0, 0.05) is 30.2 Å². The molecular weight excluding hydrogens is 312 g/mol. The lowest BCUT2D eigenvalue weighted by molar-refractivity contribution is -0.118. The number of nitrogens with zero attached hydrogens (tertiary/aromatic N) is 4. The van der Waals surface area contributed by atoms with E-state index in [4.69, 9.17) is 0 Å². The van der Waals surface area contributed by atoms with E-state index in [1.807, 2.05) is 60.3 Å². The third-order valence-corrected chi connectivity index (χ3v) is 3.95. The number of benzene rings is 1. The molecule has 0 saturated carbocycles. The summed E-state index contributed by atoms with van der Waals surface area (Å²) in [4.78, 5) is 21.0. The highest BCUT2D eigenvalue weighted by Crippen LogP contribution is 2.18. The Morgan fingerprint density at radius 2 is 1.84 bits per heavy atom. The first kappa shape index (κ1) is 16.6. The van der Waals surface area contributed by atoms with E-state index in [0.717, 1.165) is 16.9 Å². The maximum absolute atomic E-state index is 12.6. The fourth-order valence-electron chi connectivity index (χ4n) is 2.79. The lowest BCUT2D eigenvalue weighted by Gasteiger charge is -2.10. The Hall–Kier alpha value is -3.26. The van der Waals surface area contributed by atoms with Gasteiger partial charge in [-0.2, -0.15) is 5.26 Å². The van der Waals surface area contributed by atoms with Crippen LogP contribution in [0.1, 0.15) is 28.7 Å². The van der Waals surface area contributed by atoms with Gasteiger partial charge in [0.2, 0.25) is 0 Å². The second kappa shape index (κ2) is 7.10. The zero-order valence-electron chi connectivity index (χ0n) is 14.2. The Kier molecular flexibility index (Phi) is 4.71. The highest BCUT2D eigenvalue weighted by atomic mass is 16.1. The molecule has 25 heavy (non-hydrogen) atoms. The van der Waals surface area contributed by atoms with Crippen LogP contribution in [-0.4, -0.2) is 20.3 Å². The first-order chi connectivity index (χ1) is 12.1. The second-order valence-electron chi connectivity index (χ2n) is 5.94. The summed E-state index contributed by atoms with van der Waals surface area (Å²) < 4.78 is 2.00. The Bertz CT molecular complexity index is 901. The van der Waals surface area contributed by atoms with Crippen LogP contribution in [0.3, 0.4) is 0 Å². The summed E-state index contributed by atoms with van der Waals surface area (Å²) >= 11 is 0. The number of nitriles is 1. The van der Waals surface area contributed by atoms with Crippen LogP contribution >= 0.6 is 0 Å². The van der Waals surface area contributed by atoms with Crippen LogP contribution in [0.15, 0.2) is 54.9 Å². The minimum atomic E-state index is -0.871. The lowest BCUT2D eigenvalue weighted by Crippen LogP contribution is -2.16. The van der Waals surface area contributed by atoms with E-state index >= 15 is 0 Å². The SMILES string of the molecule is Cc1cc([C@@H](C#N)C(=O)Cc2ccc(-n3cccc3)cc2)nc(C)n1. The number of aromatic nitrogens is 3. The van der Waals surface area contributed by atoms with Crippen LogP contribution in [0.2, 0.25) is 0 Å². The number of carbonyl (C=O) groups excluding carboxylic acids is 1. The Morgan fingerprint density at radius 1 is 1.16 bits per heavy atom. The molecule has 0 amide bonds. The molecule has 5 heteroatoms. The molecule has 0 saturated heterocycles. The number of hydrogen-bond acceptors (Lipinski definition) is 4. The first-order valence-electron chi connectivity index (χ1n) is 8.03. The number of aryl methyl sites for hydroxylation is 2. The summed E-state index contributed by atoms with van der Waals surface area (Å²) in [7, 11) is 0. The van der Waals surface area contributed by atoms with Crippen LogP contribution in [0.5, 0.6) is 0 Å². The predicted octanol–water partition coefficient (Wildman–Crippen LogP) is 3.30. The van der Waals surface area contributed by atoms with Crippen LogP contribution in [0.25, 0.3) is 5.69 Å². The third-order valence-electron chi connectivity index (χ3n) is 3.95. The van der Waals surface area contributed by atoms with Crippen molar-refractivity contribution >= 4 is 5.78 Å². The molecule has 124 valence electrons. The number of ketones is 1. The van der Waals surface area contributed by atoms with Crippen LogP contribution in [-0.2, 0) is 11.2 Å². The van der Waals surface area contributed by atoms with Crippen molar-refractivity contribution in [3.63, 3.8) is 0 Å². The van der Waals surface area contributed by atoms with Crippen molar-refractivity contribution in [2.45, 2.75) is 26.2 Å². The molecule has 1 aromatic carbocycles. The Morgan fingerprint density at radius 3 is 2.44 bits per heavy atom. The van der Waals surface area contributed by atoms with Crippen LogP contribution < -0.4 is 0 Å². The third kappa shape index (κ3) is 3.81. The van der Waals surface area contributed by atoms with E-state index in [9.17, 15) is 10.1 Å². The molecule has 0 unspecified atom stereocenters. The predicted molar refractivity (Wildman–Crippen MR) is 94.3 cm³/mol. The largest absolute Gasteiger partial charge is 0.324 e. The summed E-state index contributed by atoms with van der Waals surface area (Å²) in [5, 5.41) is 9.44. The van der Waals surface area contributed by atoms with Crippen LogP contribution in [0, 0.1) is 25.2 Å². The zero-order valence-corrected chi connectivity index (χ0v) is 14.2. The van der Waals surface area contributed by atoms with Gasteiger partial charge in [-0.1, -0.05) is 12.1 Å². The van der Waals surface area contributed by atoms with E-state index in [-0.39, 0.29) is 12.2 Å². The highest BCUT2D eigenvalue weighted by Gasteiger charge is 2.22. The molecule has 0 spiro atoms. The second-order valence-corrected chi connectivity index (χ2v) is 5.94. The minimum absolute atomic E-state index is 0.159. The minimum Gasteiger partial charge on any atom is -0.324 e. The number of hydrogen-bond donors (Lipinski definition) is 0. The van der Waals surface area contributed by atoms with Gasteiger partial charge in [-0.25, -0.2) is 9.97 Å². The molecule has 2 heterocycles. The smallest absolute Gasteiger partial charge is 0.160 e.